The van der Waals surface area contributed by atoms with Gasteiger partial charge in [-0.3, -0.25) is 4.79 Å². The van der Waals surface area contributed by atoms with Crippen molar-refractivity contribution in [1.29, 1.82) is 0 Å². The fourth-order valence-corrected chi connectivity index (χ4v) is 5.34. The highest BCUT2D eigenvalue weighted by Gasteiger charge is 2.35. The van der Waals surface area contributed by atoms with Crippen molar-refractivity contribution in [3.63, 3.8) is 0 Å². The number of amides is 1. The fourth-order valence-electron chi connectivity index (χ4n) is 4.18. The van der Waals surface area contributed by atoms with Gasteiger partial charge in [0.1, 0.15) is 0 Å². The van der Waals surface area contributed by atoms with Crippen molar-refractivity contribution in [1.82, 2.24) is 4.72 Å². The second-order valence-electron chi connectivity index (χ2n) is 8.20. The molecule has 162 valence electrons. The number of sulfonamides is 1. The highest BCUT2D eigenvalue weighted by molar-refractivity contribution is 7.89. The SMILES string of the molecule is CC(=O)Nc1ccc(S(=O)(=O)NCC2(Cc3ccc(CCO)cc3)CCCC2)cc1. The first-order valence-electron chi connectivity index (χ1n) is 10.4. The summed E-state index contributed by atoms with van der Waals surface area (Å²) in [5.74, 6) is -0.198. The molecule has 3 N–H and O–H groups in total. The zero-order valence-electron chi connectivity index (χ0n) is 17.4. The minimum Gasteiger partial charge on any atom is -0.396 e. The van der Waals surface area contributed by atoms with Crippen LogP contribution in [0, 0.1) is 5.41 Å². The third-order valence-electron chi connectivity index (χ3n) is 5.79. The molecule has 0 spiro atoms. The first-order valence-corrected chi connectivity index (χ1v) is 11.9. The van der Waals surface area contributed by atoms with Crippen molar-refractivity contribution in [2.75, 3.05) is 18.5 Å². The summed E-state index contributed by atoms with van der Waals surface area (Å²) in [6, 6.07) is 14.4. The molecule has 1 aliphatic carbocycles. The van der Waals surface area contributed by atoms with E-state index in [9.17, 15) is 13.2 Å². The molecule has 1 amide bonds. The summed E-state index contributed by atoms with van der Waals surface area (Å²) in [6.45, 7) is 1.95. The molecule has 0 saturated heterocycles. The normalized spacial score (nSPS) is 15.8. The van der Waals surface area contributed by atoms with E-state index in [-0.39, 0.29) is 22.8 Å². The van der Waals surface area contributed by atoms with E-state index in [0.29, 0.717) is 18.7 Å². The molecule has 0 unspecified atom stereocenters. The van der Waals surface area contributed by atoms with Crippen LogP contribution in [0.4, 0.5) is 5.69 Å². The van der Waals surface area contributed by atoms with Crippen LogP contribution in [0.3, 0.4) is 0 Å². The van der Waals surface area contributed by atoms with Crippen LogP contribution in [0.15, 0.2) is 53.4 Å². The largest absolute Gasteiger partial charge is 0.396 e. The minimum atomic E-state index is -3.63. The molecule has 2 aromatic rings. The summed E-state index contributed by atoms with van der Waals surface area (Å²) in [5, 5.41) is 11.7. The topological polar surface area (TPSA) is 95.5 Å². The van der Waals surface area contributed by atoms with Crippen LogP contribution in [0.5, 0.6) is 0 Å². The van der Waals surface area contributed by atoms with Crippen molar-refractivity contribution in [2.24, 2.45) is 5.41 Å². The molecule has 2 aromatic carbocycles. The van der Waals surface area contributed by atoms with Crippen LogP contribution in [-0.2, 0) is 27.7 Å². The first-order chi connectivity index (χ1) is 14.3. The number of rotatable bonds is 9. The Labute approximate surface area is 178 Å². The molecule has 1 aliphatic rings. The standard InChI is InChI=1S/C23H30N2O4S/c1-18(27)25-21-8-10-22(11-9-21)30(28,29)24-17-23(13-2-3-14-23)16-20-6-4-19(5-7-20)12-15-26/h4-11,24,26H,2-3,12-17H2,1H3,(H,25,27). The number of aliphatic hydroxyl groups excluding tert-OH is 1. The number of anilines is 1. The quantitative estimate of drug-likeness (QED) is 0.569. The summed E-state index contributed by atoms with van der Waals surface area (Å²) in [6.07, 6.45) is 5.68. The number of benzene rings is 2. The van der Waals surface area contributed by atoms with Crippen LogP contribution in [-0.4, -0.2) is 32.6 Å². The Hall–Kier alpha value is -2.22. The Morgan fingerprint density at radius 1 is 1.00 bits per heavy atom. The number of carbonyl (C=O) groups excluding carboxylic acids is 1. The second kappa shape index (κ2) is 9.73. The number of hydrogen-bond donors (Lipinski definition) is 3. The third kappa shape index (κ3) is 5.90. The lowest BCUT2D eigenvalue weighted by molar-refractivity contribution is -0.114. The highest BCUT2D eigenvalue weighted by atomic mass is 32.2. The molecule has 0 atom stereocenters. The molecule has 1 fully saturated rings. The first kappa shape index (κ1) is 22.5. The van der Waals surface area contributed by atoms with Crippen molar-refractivity contribution in [2.45, 2.75) is 50.3 Å². The number of nitrogens with one attached hydrogen (secondary N) is 2. The molecule has 0 radical (unpaired) electrons. The maximum atomic E-state index is 12.8. The number of aliphatic hydroxyl groups is 1. The lowest BCUT2D eigenvalue weighted by Gasteiger charge is -2.29. The molecule has 7 heteroatoms. The van der Waals surface area contributed by atoms with Crippen molar-refractivity contribution < 1.29 is 18.3 Å². The molecule has 0 bridgehead atoms. The molecule has 1 saturated carbocycles. The number of carbonyl (C=O) groups is 1. The van der Waals surface area contributed by atoms with Gasteiger partial charge in [0.2, 0.25) is 15.9 Å². The van der Waals surface area contributed by atoms with Crippen LogP contribution in [0.1, 0.15) is 43.7 Å². The average Bonchev–Trinajstić information content (AvgIpc) is 3.17. The van der Waals surface area contributed by atoms with Gasteiger partial charge in [-0.05, 0) is 66.5 Å². The minimum absolute atomic E-state index is 0.0817. The lowest BCUT2D eigenvalue weighted by Crippen LogP contribution is -2.37. The maximum absolute atomic E-state index is 12.8. The van der Waals surface area contributed by atoms with Gasteiger partial charge in [-0.15, -0.1) is 0 Å². The van der Waals surface area contributed by atoms with E-state index in [4.69, 9.17) is 5.11 Å². The van der Waals surface area contributed by atoms with Gasteiger partial charge in [0, 0.05) is 25.8 Å². The Kier molecular flexibility index (Phi) is 7.28. The van der Waals surface area contributed by atoms with Gasteiger partial charge in [0.25, 0.3) is 0 Å². The van der Waals surface area contributed by atoms with Gasteiger partial charge < -0.3 is 10.4 Å². The molecule has 30 heavy (non-hydrogen) atoms. The van der Waals surface area contributed by atoms with Crippen LogP contribution >= 0.6 is 0 Å². The van der Waals surface area contributed by atoms with Gasteiger partial charge in [0.05, 0.1) is 4.90 Å². The summed E-state index contributed by atoms with van der Waals surface area (Å²) in [4.78, 5) is 11.3. The van der Waals surface area contributed by atoms with E-state index >= 15 is 0 Å². The molecular formula is C23H30N2O4S. The molecule has 6 nitrogen and oxygen atoms in total. The summed E-state index contributed by atoms with van der Waals surface area (Å²) in [7, 11) is -3.63. The lowest BCUT2D eigenvalue weighted by atomic mass is 9.80. The van der Waals surface area contributed by atoms with Crippen molar-refractivity contribution in [3.8, 4) is 0 Å². The van der Waals surface area contributed by atoms with E-state index in [1.165, 1.54) is 24.6 Å². The van der Waals surface area contributed by atoms with E-state index in [2.05, 4.69) is 22.2 Å². The molecule has 0 heterocycles. The number of hydrogen-bond acceptors (Lipinski definition) is 4. The average molecular weight is 431 g/mol. The van der Waals surface area contributed by atoms with Gasteiger partial charge in [-0.2, -0.15) is 0 Å². The highest BCUT2D eigenvalue weighted by Crippen LogP contribution is 2.40. The Morgan fingerprint density at radius 2 is 1.60 bits per heavy atom. The second-order valence-corrected chi connectivity index (χ2v) is 9.97. The molecule has 0 aliphatic heterocycles. The van der Waals surface area contributed by atoms with E-state index in [1.807, 2.05) is 12.1 Å². The fraction of sp³-hybridized carbons (Fsp3) is 0.435. The van der Waals surface area contributed by atoms with Crippen LogP contribution in [0.2, 0.25) is 0 Å². The zero-order chi connectivity index (χ0) is 21.6. The predicted molar refractivity (Wildman–Crippen MR) is 118 cm³/mol. The molecule has 0 aromatic heterocycles. The predicted octanol–water partition coefficient (Wildman–Crippen LogP) is 3.26. The molecular weight excluding hydrogens is 400 g/mol. The van der Waals surface area contributed by atoms with Gasteiger partial charge in [0.15, 0.2) is 0 Å². The summed E-state index contributed by atoms with van der Waals surface area (Å²) in [5.41, 5.74) is 2.78. The van der Waals surface area contributed by atoms with Crippen molar-refractivity contribution >= 4 is 21.6 Å². The van der Waals surface area contributed by atoms with E-state index < -0.39 is 10.0 Å². The Morgan fingerprint density at radius 3 is 2.17 bits per heavy atom. The van der Waals surface area contributed by atoms with E-state index in [1.54, 1.807) is 12.1 Å². The smallest absolute Gasteiger partial charge is 0.240 e. The van der Waals surface area contributed by atoms with Gasteiger partial charge in [-0.25, -0.2) is 13.1 Å². The Bertz CT molecular complexity index is 948. The van der Waals surface area contributed by atoms with E-state index in [0.717, 1.165) is 37.7 Å². The van der Waals surface area contributed by atoms with Crippen LogP contribution in [0.25, 0.3) is 0 Å². The van der Waals surface area contributed by atoms with Gasteiger partial charge in [-0.1, -0.05) is 37.1 Å². The van der Waals surface area contributed by atoms with Gasteiger partial charge >= 0.3 is 0 Å². The monoisotopic (exact) mass is 430 g/mol. The Balaban J connectivity index is 1.68. The third-order valence-corrected chi connectivity index (χ3v) is 7.21. The van der Waals surface area contributed by atoms with Crippen molar-refractivity contribution in [3.05, 3.63) is 59.7 Å². The maximum Gasteiger partial charge on any atom is 0.240 e. The zero-order valence-corrected chi connectivity index (χ0v) is 18.2. The summed E-state index contributed by atoms with van der Waals surface area (Å²) >= 11 is 0. The summed E-state index contributed by atoms with van der Waals surface area (Å²) < 4.78 is 28.4. The molecule has 3 rings (SSSR count). The van der Waals surface area contributed by atoms with Crippen LogP contribution < -0.4 is 10.0 Å².